The summed E-state index contributed by atoms with van der Waals surface area (Å²) >= 11 is 0. The van der Waals surface area contributed by atoms with E-state index in [1.807, 2.05) is 0 Å². The molecule has 0 bridgehead atoms. The number of hydrazine groups is 1. The van der Waals surface area contributed by atoms with Crippen molar-refractivity contribution in [1.82, 2.24) is 10.4 Å². The van der Waals surface area contributed by atoms with Gasteiger partial charge < -0.3 is 5.01 Å². The average Bonchev–Trinajstić information content (AvgIpc) is 2.32. The Labute approximate surface area is 68.2 Å². The number of hydrogen-bond acceptors (Lipinski definition) is 2. The van der Waals surface area contributed by atoms with Gasteiger partial charge in [0.05, 0.1) is 0 Å². The fourth-order valence-corrected chi connectivity index (χ4v) is 1.60. The monoisotopic (exact) mass is 152 g/mol. The lowest BCUT2D eigenvalue weighted by Crippen LogP contribution is -2.42. The first-order valence-electron chi connectivity index (χ1n) is 4.61. The molecule has 2 rings (SSSR count). The van der Waals surface area contributed by atoms with Crippen LogP contribution in [0, 0.1) is 0 Å². The summed E-state index contributed by atoms with van der Waals surface area (Å²) in [4.78, 5) is 0. The van der Waals surface area contributed by atoms with E-state index in [2.05, 4.69) is 23.6 Å². The summed E-state index contributed by atoms with van der Waals surface area (Å²) in [5.74, 6) is 0. The van der Waals surface area contributed by atoms with Crippen molar-refractivity contribution < 1.29 is 0 Å². The molecule has 0 spiro atoms. The van der Waals surface area contributed by atoms with Crippen LogP contribution in [0.1, 0.15) is 32.6 Å². The van der Waals surface area contributed by atoms with E-state index in [0.717, 1.165) is 12.6 Å². The summed E-state index contributed by atoms with van der Waals surface area (Å²) in [5.41, 5.74) is 4.94. The number of nitrogens with zero attached hydrogens (tertiary/aromatic N) is 1. The van der Waals surface area contributed by atoms with Crippen LogP contribution in [0.2, 0.25) is 0 Å². The van der Waals surface area contributed by atoms with Gasteiger partial charge in [0, 0.05) is 18.8 Å². The van der Waals surface area contributed by atoms with Crippen molar-refractivity contribution >= 4 is 0 Å². The highest BCUT2D eigenvalue weighted by atomic mass is 15.5. The molecule has 1 heterocycles. The Balaban J connectivity index is 1.91. The lowest BCUT2D eigenvalue weighted by molar-refractivity contribution is 0.145. The summed E-state index contributed by atoms with van der Waals surface area (Å²) in [6.07, 6.45) is 7.65. The molecular weight excluding hydrogens is 136 g/mol. The zero-order valence-electron chi connectivity index (χ0n) is 7.14. The molecule has 0 saturated heterocycles. The third-order valence-corrected chi connectivity index (χ3v) is 2.73. The minimum Gasteiger partial charge on any atom is -0.312 e. The van der Waals surface area contributed by atoms with Crippen molar-refractivity contribution in [1.29, 1.82) is 0 Å². The molecule has 62 valence electrons. The van der Waals surface area contributed by atoms with Crippen LogP contribution in [-0.4, -0.2) is 17.6 Å². The molecule has 2 aliphatic rings. The lowest BCUT2D eigenvalue weighted by atomic mass is 9.93. The van der Waals surface area contributed by atoms with Crippen molar-refractivity contribution in [3.63, 3.8) is 0 Å². The van der Waals surface area contributed by atoms with Crippen molar-refractivity contribution in [2.75, 3.05) is 6.54 Å². The molecule has 1 N–H and O–H groups in total. The van der Waals surface area contributed by atoms with Crippen LogP contribution in [0.5, 0.6) is 0 Å². The zero-order chi connectivity index (χ0) is 7.68. The van der Waals surface area contributed by atoms with Crippen LogP contribution in [0.15, 0.2) is 11.8 Å². The molecule has 0 atom stereocenters. The largest absolute Gasteiger partial charge is 0.312 e. The normalized spacial score (nSPS) is 25.2. The van der Waals surface area contributed by atoms with Gasteiger partial charge in [0.25, 0.3) is 0 Å². The van der Waals surface area contributed by atoms with E-state index in [0.29, 0.717) is 0 Å². The molecule has 1 fully saturated rings. The standard InChI is InChI=1S/C9H16N2/c1-2-8-6-10-11(7-8)9-4-3-5-9/h7,9-10H,2-6H2,1H3. The summed E-state index contributed by atoms with van der Waals surface area (Å²) in [6.45, 7) is 3.30. The van der Waals surface area contributed by atoms with Crippen LogP contribution in [-0.2, 0) is 0 Å². The quantitative estimate of drug-likeness (QED) is 0.647. The first kappa shape index (κ1) is 7.17. The Bertz CT molecular complexity index is 170. The summed E-state index contributed by atoms with van der Waals surface area (Å²) in [5, 5.41) is 2.31. The highest BCUT2D eigenvalue weighted by Gasteiger charge is 2.25. The molecule has 0 radical (unpaired) electrons. The Kier molecular flexibility index (Phi) is 1.86. The van der Waals surface area contributed by atoms with Crippen molar-refractivity contribution in [3.05, 3.63) is 11.8 Å². The molecular formula is C9H16N2. The smallest absolute Gasteiger partial charge is 0.0448 e. The third kappa shape index (κ3) is 1.27. The van der Waals surface area contributed by atoms with Gasteiger partial charge in [-0.1, -0.05) is 6.92 Å². The molecule has 2 nitrogen and oxygen atoms in total. The van der Waals surface area contributed by atoms with Crippen molar-refractivity contribution in [2.24, 2.45) is 0 Å². The zero-order valence-corrected chi connectivity index (χ0v) is 7.14. The number of rotatable bonds is 2. The van der Waals surface area contributed by atoms with E-state index in [9.17, 15) is 0 Å². The van der Waals surface area contributed by atoms with Gasteiger partial charge in [-0.05, 0) is 31.3 Å². The summed E-state index contributed by atoms with van der Waals surface area (Å²) < 4.78 is 0. The molecule has 1 aliphatic carbocycles. The van der Waals surface area contributed by atoms with Crippen LogP contribution >= 0.6 is 0 Å². The van der Waals surface area contributed by atoms with Gasteiger partial charge in [-0.25, -0.2) is 5.43 Å². The Morgan fingerprint density at radius 3 is 2.91 bits per heavy atom. The van der Waals surface area contributed by atoms with E-state index in [1.54, 1.807) is 0 Å². The van der Waals surface area contributed by atoms with Gasteiger partial charge in [-0.2, -0.15) is 0 Å². The first-order chi connectivity index (χ1) is 5.40. The summed E-state index contributed by atoms with van der Waals surface area (Å²) in [7, 11) is 0. The average molecular weight is 152 g/mol. The molecule has 0 unspecified atom stereocenters. The number of nitrogens with one attached hydrogen (secondary N) is 1. The second-order valence-corrected chi connectivity index (χ2v) is 3.47. The molecule has 1 saturated carbocycles. The maximum Gasteiger partial charge on any atom is 0.0448 e. The molecule has 11 heavy (non-hydrogen) atoms. The fourth-order valence-electron chi connectivity index (χ4n) is 1.60. The van der Waals surface area contributed by atoms with Gasteiger partial charge in [0.2, 0.25) is 0 Å². The number of hydrogen-bond donors (Lipinski definition) is 1. The Morgan fingerprint density at radius 2 is 2.45 bits per heavy atom. The second kappa shape index (κ2) is 2.86. The highest BCUT2D eigenvalue weighted by Crippen LogP contribution is 2.26. The SMILES string of the molecule is CCC1=CN(C2CCC2)NC1. The van der Waals surface area contributed by atoms with Crippen LogP contribution in [0.25, 0.3) is 0 Å². The van der Waals surface area contributed by atoms with Gasteiger partial charge in [-0.3, -0.25) is 0 Å². The van der Waals surface area contributed by atoms with E-state index in [1.165, 1.54) is 31.3 Å². The van der Waals surface area contributed by atoms with E-state index < -0.39 is 0 Å². The van der Waals surface area contributed by atoms with E-state index >= 15 is 0 Å². The topological polar surface area (TPSA) is 15.3 Å². The van der Waals surface area contributed by atoms with Gasteiger partial charge in [0.1, 0.15) is 0 Å². The Hall–Kier alpha value is -0.500. The van der Waals surface area contributed by atoms with Crippen molar-refractivity contribution in [2.45, 2.75) is 38.6 Å². The molecule has 0 aromatic rings. The predicted octanol–water partition coefficient (Wildman–Crippen LogP) is 1.65. The van der Waals surface area contributed by atoms with E-state index in [4.69, 9.17) is 0 Å². The molecule has 0 amide bonds. The van der Waals surface area contributed by atoms with Crippen molar-refractivity contribution in [3.8, 4) is 0 Å². The van der Waals surface area contributed by atoms with Gasteiger partial charge in [-0.15, -0.1) is 0 Å². The molecule has 0 aromatic heterocycles. The second-order valence-electron chi connectivity index (χ2n) is 3.47. The maximum absolute atomic E-state index is 3.40. The van der Waals surface area contributed by atoms with E-state index in [-0.39, 0.29) is 0 Å². The minimum absolute atomic E-state index is 0.805. The lowest BCUT2D eigenvalue weighted by Gasteiger charge is -2.34. The van der Waals surface area contributed by atoms with Crippen LogP contribution in [0.4, 0.5) is 0 Å². The first-order valence-corrected chi connectivity index (χ1v) is 4.61. The highest BCUT2D eigenvalue weighted by molar-refractivity contribution is 5.08. The van der Waals surface area contributed by atoms with Crippen LogP contribution in [0.3, 0.4) is 0 Å². The third-order valence-electron chi connectivity index (χ3n) is 2.73. The molecule has 1 aliphatic heterocycles. The minimum atomic E-state index is 0.805. The maximum atomic E-state index is 3.40. The Morgan fingerprint density at radius 1 is 1.64 bits per heavy atom. The van der Waals surface area contributed by atoms with Gasteiger partial charge >= 0.3 is 0 Å². The van der Waals surface area contributed by atoms with Gasteiger partial charge in [0.15, 0.2) is 0 Å². The molecule has 2 heteroatoms. The molecule has 0 aromatic carbocycles. The fraction of sp³-hybridized carbons (Fsp3) is 0.778. The summed E-state index contributed by atoms with van der Waals surface area (Å²) in [6, 6.07) is 0.805. The predicted molar refractivity (Wildman–Crippen MR) is 45.9 cm³/mol. The van der Waals surface area contributed by atoms with Crippen LogP contribution < -0.4 is 5.43 Å².